The number of rotatable bonds is 8. The Morgan fingerprint density at radius 2 is 1.96 bits per heavy atom. The van der Waals surface area contributed by atoms with Crippen LogP contribution in [0.4, 0.5) is 8.78 Å². The molecule has 26 heavy (non-hydrogen) atoms. The molecule has 0 fully saturated rings. The summed E-state index contributed by atoms with van der Waals surface area (Å²) in [4.78, 5) is 12.0. The van der Waals surface area contributed by atoms with Gasteiger partial charge in [-0.05, 0) is 50.3 Å². The van der Waals surface area contributed by atoms with Gasteiger partial charge in [-0.25, -0.2) is 21.5 Å². The van der Waals surface area contributed by atoms with Crippen molar-refractivity contribution in [3.05, 3.63) is 47.0 Å². The highest BCUT2D eigenvalue weighted by Gasteiger charge is 2.18. The summed E-state index contributed by atoms with van der Waals surface area (Å²) in [5.74, 6) is -2.70. The number of amides is 1. The predicted molar refractivity (Wildman–Crippen MR) is 96.3 cm³/mol. The van der Waals surface area contributed by atoms with E-state index in [9.17, 15) is 22.0 Å². The summed E-state index contributed by atoms with van der Waals surface area (Å²) in [6.07, 6.45) is 8.35. The normalized spacial score (nSPS) is 15.0. The average Bonchev–Trinajstić information content (AvgIpc) is 2.60. The van der Waals surface area contributed by atoms with Gasteiger partial charge < -0.3 is 5.32 Å². The van der Waals surface area contributed by atoms with Crippen molar-refractivity contribution in [2.24, 2.45) is 0 Å². The minimum Gasteiger partial charge on any atom is -0.351 e. The number of sulfonamides is 1. The largest absolute Gasteiger partial charge is 0.351 e. The molecule has 0 aromatic heterocycles. The van der Waals surface area contributed by atoms with Crippen molar-refractivity contribution in [3.8, 4) is 0 Å². The highest BCUT2D eigenvalue weighted by Crippen LogP contribution is 2.20. The van der Waals surface area contributed by atoms with Gasteiger partial charge in [-0.3, -0.25) is 4.79 Å². The third-order valence-corrected chi connectivity index (χ3v) is 5.67. The first-order valence-electron chi connectivity index (χ1n) is 8.63. The fraction of sp³-hybridized carbons (Fsp3) is 0.500. The van der Waals surface area contributed by atoms with Crippen molar-refractivity contribution < 1.29 is 22.0 Å². The predicted octanol–water partition coefficient (Wildman–Crippen LogP) is 2.85. The first-order valence-corrected chi connectivity index (χ1v) is 10.5. The molecule has 1 aliphatic rings. The number of halogens is 2. The lowest BCUT2D eigenvalue weighted by atomic mass is 9.97. The van der Waals surface area contributed by atoms with Crippen LogP contribution in [0, 0.1) is 11.6 Å². The van der Waals surface area contributed by atoms with E-state index in [0.717, 1.165) is 37.7 Å². The molecule has 1 amide bonds. The third kappa shape index (κ3) is 6.17. The molecule has 0 saturated carbocycles. The van der Waals surface area contributed by atoms with E-state index in [1.54, 1.807) is 0 Å². The highest BCUT2D eigenvalue weighted by atomic mass is 32.2. The van der Waals surface area contributed by atoms with Gasteiger partial charge in [0.25, 0.3) is 5.91 Å². The van der Waals surface area contributed by atoms with Gasteiger partial charge in [0.05, 0.1) is 6.26 Å². The number of carbonyl (C=O) groups is 1. The number of carbonyl (C=O) groups excluding carboxylic acids is 1. The first kappa shape index (κ1) is 20.5. The zero-order valence-corrected chi connectivity index (χ0v) is 15.6. The quantitative estimate of drug-likeness (QED) is 0.699. The topological polar surface area (TPSA) is 66.5 Å². The lowest BCUT2D eigenvalue weighted by molar-refractivity contribution is 0.0951. The van der Waals surface area contributed by atoms with Gasteiger partial charge in [-0.1, -0.05) is 11.6 Å². The van der Waals surface area contributed by atoms with Gasteiger partial charge in [0.2, 0.25) is 10.0 Å². The van der Waals surface area contributed by atoms with Crippen LogP contribution < -0.4 is 5.32 Å². The van der Waals surface area contributed by atoms with Crippen LogP contribution in [0.15, 0.2) is 29.8 Å². The summed E-state index contributed by atoms with van der Waals surface area (Å²) < 4.78 is 51.3. The maximum absolute atomic E-state index is 13.2. The van der Waals surface area contributed by atoms with Crippen LogP contribution in [0.2, 0.25) is 0 Å². The standard InChI is InChI=1S/C18H24F2N2O3S/c1-26(24,25)22(11-9-14-5-3-2-4-6-14)12-10-21-18(23)15-7-8-16(19)17(20)13-15/h5,7-8,13H,2-4,6,9-12H2,1H3,(H,21,23). The molecule has 0 unspecified atom stereocenters. The second kappa shape index (κ2) is 9.23. The molecule has 1 aromatic carbocycles. The number of allylic oxidation sites excluding steroid dienone is 1. The molecule has 8 heteroatoms. The van der Waals surface area contributed by atoms with Crippen molar-refractivity contribution in [2.45, 2.75) is 32.1 Å². The van der Waals surface area contributed by atoms with Gasteiger partial charge in [0.15, 0.2) is 11.6 Å². The van der Waals surface area contributed by atoms with Crippen LogP contribution in [-0.4, -0.2) is 44.5 Å². The molecule has 0 atom stereocenters. The molecule has 1 N–H and O–H groups in total. The van der Waals surface area contributed by atoms with E-state index in [1.807, 2.05) is 0 Å². The summed E-state index contributed by atoms with van der Waals surface area (Å²) in [7, 11) is -3.40. The van der Waals surface area contributed by atoms with Crippen LogP contribution in [0.25, 0.3) is 0 Å². The molecule has 5 nitrogen and oxygen atoms in total. The molecule has 0 aliphatic heterocycles. The molecule has 0 heterocycles. The first-order chi connectivity index (χ1) is 12.3. The van der Waals surface area contributed by atoms with E-state index in [0.29, 0.717) is 13.0 Å². The minimum atomic E-state index is -3.40. The number of nitrogens with one attached hydrogen (secondary N) is 1. The number of benzene rings is 1. The Bertz CT molecular complexity index is 779. The molecular formula is C18H24F2N2O3S. The van der Waals surface area contributed by atoms with Crippen LogP contribution in [0.1, 0.15) is 42.5 Å². The molecule has 144 valence electrons. The molecule has 1 aliphatic carbocycles. The van der Waals surface area contributed by atoms with Crippen LogP contribution >= 0.6 is 0 Å². The Morgan fingerprint density at radius 1 is 1.19 bits per heavy atom. The maximum atomic E-state index is 13.2. The second-order valence-corrected chi connectivity index (χ2v) is 8.39. The van der Waals surface area contributed by atoms with Crippen molar-refractivity contribution in [1.82, 2.24) is 9.62 Å². The van der Waals surface area contributed by atoms with Crippen molar-refractivity contribution in [2.75, 3.05) is 25.9 Å². The van der Waals surface area contributed by atoms with E-state index in [2.05, 4.69) is 11.4 Å². The third-order valence-electron chi connectivity index (χ3n) is 4.36. The summed E-state index contributed by atoms with van der Waals surface area (Å²) >= 11 is 0. The van der Waals surface area contributed by atoms with E-state index in [4.69, 9.17) is 0 Å². The Kier molecular flexibility index (Phi) is 7.28. The van der Waals surface area contributed by atoms with Gasteiger partial charge in [0, 0.05) is 25.2 Å². The monoisotopic (exact) mass is 386 g/mol. The Morgan fingerprint density at radius 3 is 2.58 bits per heavy atom. The van der Waals surface area contributed by atoms with Crippen molar-refractivity contribution in [1.29, 1.82) is 0 Å². The fourth-order valence-corrected chi connectivity index (χ4v) is 3.72. The minimum absolute atomic E-state index is 0.0119. The lowest BCUT2D eigenvalue weighted by Crippen LogP contribution is -2.38. The second-order valence-electron chi connectivity index (χ2n) is 6.40. The zero-order chi connectivity index (χ0) is 19.2. The van der Waals surface area contributed by atoms with E-state index in [-0.39, 0.29) is 18.7 Å². The van der Waals surface area contributed by atoms with E-state index in [1.165, 1.54) is 22.4 Å². The Labute approximate surface area is 153 Å². The fourth-order valence-electron chi connectivity index (χ4n) is 2.88. The number of hydrogen-bond acceptors (Lipinski definition) is 3. The number of hydrogen-bond donors (Lipinski definition) is 1. The maximum Gasteiger partial charge on any atom is 0.251 e. The molecule has 1 aromatic rings. The van der Waals surface area contributed by atoms with Crippen molar-refractivity contribution >= 4 is 15.9 Å². The Hall–Kier alpha value is -1.80. The molecular weight excluding hydrogens is 362 g/mol. The van der Waals surface area contributed by atoms with Gasteiger partial charge in [-0.15, -0.1) is 0 Å². The molecule has 2 rings (SSSR count). The molecule has 0 spiro atoms. The highest BCUT2D eigenvalue weighted by molar-refractivity contribution is 7.88. The van der Waals surface area contributed by atoms with Crippen molar-refractivity contribution in [3.63, 3.8) is 0 Å². The molecule has 0 saturated heterocycles. The van der Waals surface area contributed by atoms with Gasteiger partial charge in [0.1, 0.15) is 0 Å². The Balaban J connectivity index is 1.87. The summed E-state index contributed by atoms with van der Waals surface area (Å²) in [6.45, 7) is 0.581. The average molecular weight is 386 g/mol. The van der Waals surface area contributed by atoms with E-state index < -0.39 is 27.6 Å². The lowest BCUT2D eigenvalue weighted by Gasteiger charge is -2.22. The van der Waals surface area contributed by atoms with Gasteiger partial charge in [-0.2, -0.15) is 0 Å². The van der Waals surface area contributed by atoms with Crippen LogP contribution in [0.5, 0.6) is 0 Å². The van der Waals surface area contributed by atoms with Crippen LogP contribution in [-0.2, 0) is 10.0 Å². The summed E-state index contributed by atoms with van der Waals surface area (Å²) in [6, 6.07) is 2.87. The molecule has 0 radical (unpaired) electrons. The van der Waals surface area contributed by atoms with E-state index >= 15 is 0 Å². The SMILES string of the molecule is CS(=O)(=O)N(CCNC(=O)c1ccc(F)c(F)c1)CCC1=CCCCC1. The van der Waals surface area contributed by atoms with Crippen LogP contribution in [0.3, 0.4) is 0 Å². The number of nitrogens with zero attached hydrogens (tertiary/aromatic N) is 1. The van der Waals surface area contributed by atoms with Gasteiger partial charge >= 0.3 is 0 Å². The smallest absolute Gasteiger partial charge is 0.251 e. The summed E-state index contributed by atoms with van der Waals surface area (Å²) in [5.41, 5.74) is 1.26. The summed E-state index contributed by atoms with van der Waals surface area (Å²) in [5, 5.41) is 2.54. The molecule has 0 bridgehead atoms. The zero-order valence-electron chi connectivity index (χ0n) is 14.8.